The van der Waals surface area contributed by atoms with Crippen LogP contribution in [0.2, 0.25) is 0 Å². The SMILES string of the molecule is COCCCOc1cc(CC(CC(N)C(O)CNC(=O)C(C)(C)C2CCC(O)CC2)C(C)C)ccc1OC. The lowest BCUT2D eigenvalue weighted by Crippen LogP contribution is -2.49. The second-order valence-corrected chi connectivity index (χ2v) is 11.8. The van der Waals surface area contributed by atoms with E-state index in [1.165, 1.54) is 0 Å². The summed E-state index contributed by atoms with van der Waals surface area (Å²) in [5.41, 5.74) is 7.02. The van der Waals surface area contributed by atoms with Gasteiger partial charge in [0.25, 0.3) is 0 Å². The fourth-order valence-electron chi connectivity index (χ4n) is 5.31. The standard InChI is InChI=1S/C30H52N2O6/c1-20(2)22(16-21-8-13-27(37-6)28(17-21)38-15-7-14-36-5)18-25(31)26(34)19-32-29(35)30(3,4)23-9-11-24(33)12-10-23/h8,13,17,20,22-26,33-34H,7,9-12,14-16,18-19,31H2,1-6H3,(H,32,35). The van der Waals surface area contributed by atoms with Crippen molar-refractivity contribution >= 4 is 5.91 Å². The topological polar surface area (TPSA) is 123 Å². The first-order valence-electron chi connectivity index (χ1n) is 14.2. The molecule has 1 aliphatic rings. The van der Waals surface area contributed by atoms with Crippen molar-refractivity contribution in [2.24, 2.45) is 28.9 Å². The van der Waals surface area contributed by atoms with Gasteiger partial charge in [-0.05, 0) is 74.0 Å². The van der Waals surface area contributed by atoms with Crippen molar-refractivity contribution in [1.29, 1.82) is 0 Å². The lowest BCUT2D eigenvalue weighted by molar-refractivity contribution is -0.134. The van der Waals surface area contributed by atoms with Gasteiger partial charge < -0.3 is 35.5 Å². The molecule has 0 saturated heterocycles. The Bertz CT molecular complexity index is 838. The Morgan fingerprint density at radius 1 is 1.13 bits per heavy atom. The maximum absolute atomic E-state index is 13.0. The van der Waals surface area contributed by atoms with Crippen LogP contribution in [0, 0.1) is 23.2 Å². The summed E-state index contributed by atoms with van der Waals surface area (Å²) in [5, 5.41) is 23.5. The van der Waals surface area contributed by atoms with Crippen LogP contribution in [0.5, 0.6) is 11.5 Å². The number of hydrogen-bond acceptors (Lipinski definition) is 7. The first-order valence-corrected chi connectivity index (χ1v) is 14.2. The second kappa shape index (κ2) is 15.7. The zero-order chi connectivity index (χ0) is 28.3. The largest absolute Gasteiger partial charge is 0.493 e. The summed E-state index contributed by atoms with van der Waals surface area (Å²) in [6, 6.07) is 5.54. The molecule has 0 spiro atoms. The minimum Gasteiger partial charge on any atom is -0.493 e. The normalized spacial score (nSPS) is 20.6. The van der Waals surface area contributed by atoms with Gasteiger partial charge in [0.2, 0.25) is 5.91 Å². The highest BCUT2D eigenvalue weighted by molar-refractivity contribution is 5.82. The number of amides is 1. The molecule has 8 nitrogen and oxygen atoms in total. The number of carbonyl (C=O) groups is 1. The first-order chi connectivity index (χ1) is 18.0. The van der Waals surface area contributed by atoms with E-state index in [2.05, 4.69) is 19.2 Å². The van der Waals surface area contributed by atoms with Gasteiger partial charge in [0.1, 0.15) is 0 Å². The number of aliphatic hydroxyl groups is 2. The van der Waals surface area contributed by atoms with Crippen molar-refractivity contribution in [1.82, 2.24) is 5.32 Å². The molecule has 0 bridgehead atoms. The van der Waals surface area contributed by atoms with Gasteiger partial charge >= 0.3 is 0 Å². The average molecular weight is 537 g/mol. The molecule has 8 heteroatoms. The summed E-state index contributed by atoms with van der Waals surface area (Å²) in [5.74, 6) is 2.17. The van der Waals surface area contributed by atoms with Crippen LogP contribution < -0.4 is 20.5 Å². The third kappa shape index (κ3) is 9.70. The Hall–Kier alpha value is -1.87. The molecule has 0 radical (unpaired) electrons. The minimum atomic E-state index is -0.834. The maximum atomic E-state index is 13.0. The zero-order valence-electron chi connectivity index (χ0n) is 24.4. The molecule has 38 heavy (non-hydrogen) atoms. The molecule has 218 valence electrons. The van der Waals surface area contributed by atoms with Crippen molar-refractivity contribution in [3.8, 4) is 11.5 Å². The van der Waals surface area contributed by atoms with E-state index < -0.39 is 17.6 Å². The first kappa shape index (κ1) is 32.3. The lowest BCUT2D eigenvalue weighted by Gasteiger charge is -2.37. The van der Waals surface area contributed by atoms with Gasteiger partial charge in [0, 0.05) is 38.1 Å². The van der Waals surface area contributed by atoms with Crippen LogP contribution in [0.15, 0.2) is 18.2 Å². The van der Waals surface area contributed by atoms with E-state index in [0.717, 1.165) is 44.1 Å². The number of benzene rings is 1. The van der Waals surface area contributed by atoms with Crippen LogP contribution in [0.3, 0.4) is 0 Å². The second-order valence-electron chi connectivity index (χ2n) is 11.8. The van der Waals surface area contributed by atoms with E-state index in [-0.39, 0.29) is 30.4 Å². The van der Waals surface area contributed by atoms with Gasteiger partial charge in [-0.3, -0.25) is 4.79 Å². The van der Waals surface area contributed by atoms with Gasteiger partial charge in [-0.25, -0.2) is 0 Å². The van der Waals surface area contributed by atoms with Crippen LogP contribution >= 0.6 is 0 Å². The monoisotopic (exact) mass is 536 g/mol. The molecular weight excluding hydrogens is 484 g/mol. The number of ether oxygens (including phenoxy) is 3. The number of aliphatic hydroxyl groups excluding tert-OH is 2. The summed E-state index contributed by atoms with van der Waals surface area (Å²) in [7, 11) is 3.31. The summed E-state index contributed by atoms with van der Waals surface area (Å²) in [6.07, 6.45) is 4.29. The van der Waals surface area contributed by atoms with Crippen LogP contribution in [0.1, 0.15) is 71.8 Å². The van der Waals surface area contributed by atoms with E-state index in [1.54, 1.807) is 14.2 Å². The third-order valence-corrected chi connectivity index (χ3v) is 8.26. The van der Waals surface area contributed by atoms with Gasteiger partial charge in [-0.1, -0.05) is 33.8 Å². The summed E-state index contributed by atoms with van der Waals surface area (Å²) in [6.45, 7) is 9.56. The summed E-state index contributed by atoms with van der Waals surface area (Å²) in [4.78, 5) is 13.0. The average Bonchev–Trinajstić information content (AvgIpc) is 2.89. The quantitative estimate of drug-likeness (QED) is 0.238. The molecule has 0 aromatic heterocycles. The number of carbonyl (C=O) groups excluding carboxylic acids is 1. The Labute approximate surface area is 229 Å². The Kier molecular flexibility index (Phi) is 13.3. The van der Waals surface area contributed by atoms with Crippen LogP contribution in [-0.2, 0) is 16.0 Å². The molecule has 2 rings (SSSR count). The molecule has 3 atom stereocenters. The third-order valence-electron chi connectivity index (χ3n) is 8.26. The van der Waals surface area contributed by atoms with Gasteiger partial charge in [0.15, 0.2) is 11.5 Å². The van der Waals surface area contributed by atoms with E-state index in [1.807, 2.05) is 32.0 Å². The van der Waals surface area contributed by atoms with E-state index in [9.17, 15) is 15.0 Å². The zero-order valence-corrected chi connectivity index (χ0v) is 24.4. The van der Waals surface area contributed by atoms with Crippen LogP contribution in [0.25, 0.3) is 0 Å². The van der Waals surface area contributed by atoms with Crippen molar-refractivity contribution in [2.45, 2.75) is 90.9 Å². The number of nitrogens with one attached hydrogen (secondary N) is 1. The highest BCUT2D eigenvalue weighted by atomic mass is 16.5. The molecule has 1 aliphatic carbocycles. The Morgan fingerprint density at radius 3 is 2.42 bits per heavy atom. The van der Waals surface area contributed by atoms with Crippen molar-refractivity contribution in [3.63, 3.8) is 0 Å². The number of nitrogens with two attached hydrogens (primary N) is 1. The maximum Gasteiger partial charge on any atom is 0.226 e. The highest BCUT2D eigenvalue weighted by Gasteiger charge is 2.38. The van der Waals surface area contributed by atoms with Crippen molar-refractivity contribution in [2.75, 3.05) is 34.0 Å². The lowest BCUT2D eigenvalue weighted by atomic mass is 9.70. The molecule has 0 heterocycles. The molecule has 1 aromatic carbocycles. The van der Waals surface area contributed by atoms with Crippen LogP contribution in [-0.4, -0.2) is 68.3 Å². The predicted octanol–water partition coefficient (Wildman–Crippen LogP) is 3.70. The number of rotatable bonds is 16. The van der Waals surface area contributed by atoms with E-state index in [0.29, 0.717) is 37.1 Å². The molecule has 1 fully saturated rings. The van der Waals surface area contributed by atoms with Gasteiger partial charge in [0.05, 0.1) is 25.9 Å². The molecule has 3 unspecified atom stereocenters. The molecule has 1 amide bonds. The fraction of sp³-hybridized carbons (Fsp3) is 0.767. The molecule has 5 N–H and O–H groups in total. The highest BCUT2D eigenvalue weighted by Crippen LogP contribution is 2.38. The number of methoxy groups -OCH3 is 2. The summed E-state index contributed by atoms with van der Waals surface area (Å²) < 4.78 is 16.5. The smallest absolute Gasteiger partial charge is 0.226 e. The van der Waals surface area contributed by atoms with Crippen molar-refractivity contribution < 1.29 is 29.2 Å². The molecular formula is C30H52N2O6. The molecule has 1 aromatic rings. The van der Waals surface area contributed by atoms with E-state index >= 15 is 0 Å². The van der Waals surface area contributed by atoms with Crippen LogP contribution in [0.4, 0.5) is 0 Å². The van der Waals surface area contributed by atoms with E-state index in [4.69, 9.17) is 19.9 Å². The Balaban J connectivity index is 1.93. The number of hydrogen-bond donors (Lipinski definition) is 4. The minimum absolute atomic E-state index is 0.0678. The Morgan fingerprint density at radius 2 is 1.82 bits per heavy atom. The van der Waals surface area contributed by atoms with Gasteiger partial charge in [-0.15, -0.1) is 0 Å². The molecule has 0 aliphatic heterocycles. The predicted molar refractivity (Wildman–Crippen MR) is 150 cm³/mol. The van der Waals surface area contributed by atoms with Gasteiger partial charge in [-0.2, -0.15) is 0 Å². The summed E-state index contributed by atoms with van der Waals surface area (Å²) >= 11 is 0. The molecule has 1 saturated carbocycles. The fourth-order valence-corrected chi connectivity index (χ4v) is 5.31. The van der Waals surface area contributed by atoms with Crippen molar-refractivity contribution in [3.05, 3.63) is 23.8 Å².